The van der Waals surface area contributed by atoms with E-state index in [1.54, 1.807) is 44.5 Å². The molecule has 0 aliphatic carbocycles. The third kappa shape index (κ3) is 9.38. The van der Waals surface area contributed by atoms with Crippen LogP contribution in [0, 0.1) is 0 Å². The Morgan fingerprint density at radius 1 is 1.39 bits per heavy atom. The van der Waals surface area contributed by atoms with Crippen LogP contribution in [-0.2, 0) is 9.59 Å². The maximum Gasteiger partial charge on any atom is 0.223 e. The molecule has 0 aliphatic rings. The van der Waals surface area contributed by atoms with E-state index in [2.05, 4.69) is 15.6 Å². The van der Waals surface area contributed by atoms with Crippen LogP contribution >= 0.6 is 0 Å². The molecule has 0 heterocycles. The first-order chi connectivity index (χ1) is 8.57. The first-order valence-electron chi connectivity index (χ1n) is 5.90. The average Bonchev–Trinajstić information content (AvgIpc) is 2.35. The van der Waals surface area contributed by atoms with E-state index in [0.29, 0.717) is 6.42 Å². The van der Waals surface area contributed by atoms with Crippen LogP contribution in [0.1, 0.15) is 19.8 Å². The van der Waals surface area contributed by atoms with Gasteiger partial charge in [0.1, 0.15) is 0 Å². The zero-order valence-electron chi connectivity index (χ0n) is 11.3. The molecule has 18 heavy (non-hydrogen) atoms. The van der Waals surface area contributed by atoms with Crippen LogP contribution in [0.3, 0.4) is 0 Å². The summed E-state index contributed by atoms with van der Waals surface area (Å²) in [7, 11) is 3.37. The largest absolute Gasteiger partial charge is 0.376 e. The number of aliphatic imine (C=N–C) groups is 1. The number of carbonyl (C=O) groups is 2. The summed E-state index contributed by atoms with van der Waals surface area (Å²) < 4.78 is 0. The number of nitrogens with zero attached hydrogens (tertiary/aromatic N) is 2. The van der Waals surface area contributed by atoms with Gasteiger partial charge in [0.15, 0.2) is 0 Å². The van der Waals surface area contributed by atoms with Gasteiger partial charge in [0, 0.05) is 46.7 Å². The molecule has 0 aliphatic heterocycles. The first kappa shape index (κ1) is 16.1. The number of rotatable bonds is 8. The molecular weight excluding hydrogens is 232 g/mol. The Bertz CT molecular complexity index is 313. The number of amides is 2. The third-order valence-electron chi connectivity index (χ3n) is 2.29. The van der Waals surface area contributed by atoms with E-state index >= 15 is 0 Å². The lowest BCUT2D eigenvalue weighted by Crippen LogP contribution is -2.27. The Morgan fingerprint density at radius 3 is 2.72 bits per heavy atom. The van der Waals surface area contributed by atoms with E-state index < -0.39 is 0 Å². The quantitative estimate of drug-likeness (QED) is 0.367. The molecule has 0 aromatic carbocycles. The van der Waals surface area contributed by atoms with Crippen molar-refractivity contribution in [3.63, 3.8) is 0 Å². The minimum Gasteiger partial charge on any atom is -0.376 e. The van der Waals surface area contributed by atoms with Gasteiger partial charge in [-0.2, -0.15) is 0 Å². The van der Waals surface area contributed by atoms with Gasteiger partial charge in [-0.05, 0) is 6.42 Å². The molecule has 102 valence electrons. The van der Waals surface area contributed by atoms with Crippen LogP contribution in [0.2, 0.25) is 0 Å². The fourth-order valence-electron chi connectivity index (χ4n) is 1.06. The SMILES string of the molecule is CNC(=O)C/C=C\N=C\NCCCN(C)C(C)=O. The van der Waals surface area contributed by atoms with Crippen molar-refractivity contribution in [2.45, 2.75) is 19.8 Å². The number of hydrogen-bond acceptors (Lipinski definition) is 3. The highest BCUT2D eigenvalue weighted by molar-refractivity contribution is 5.77. The van der Waals surface area contributed by atoms with Crippen molar-refractivity contribution in [1.29, 1.82) is 0 Å². The Hall–Kier alpha value is -1.85. The molecule has 0 aromatic heterocycles. The summed E-state index contributed by atoms with van der Waals surface area (Å²) in [5.41, 5.74) is 0. The van der Waals surface area contributed by atoms with Crippen molar-refractivity contribution in [2.75, 3.05) is 27.2 Å². The summed E-state index contributed by atoms with van der Waals surface area (Å²) >= 11 is 0. The molecule has 0 atom stereocenters. The second-order valence-corrected chi connectivity index (χ2v) is 3.79. The van der Waals surface area contributed by atoms with Crippen molar-refractivity contribution in [1.82, 2.24) is 15.5 Å². The molecule has 0 saturated carbocycles. The summed E-state index contributed by atoms with van der Waals surface area (Å²) in [4.78, 5) is 27.4. The molecule has 0 saturated heterocycles. The maximum atomic E-state index is 10.9. The average molecular weight is 254 g/mol. The maximum absolute atomic E-state index is 10.9. The van der Waals surface area contributed by atoms with Gasteiger partial charge in [0.05, 0.1) is 6.34 Å². The van der Waals surface area contributed by atoms with Crippen molar-refractivity contribution in [3.05, 3.63) is 12.3 Å². The molecule has 0 unspecified atom stereocenters. The zero-order valence-corrected chi connectivity index (χ0v) is 11.3. The van der Waals surface area contributed by atoms with Crippen LogP contribution in [0.4, 0.5) is 0 Å². The number of hydrogen-bond donors (Lipinski definition) is 2. The monoisotopic (exact) mass is 254 g/mol. The molecule has 0 bridgehead atoms. The van der Waals surface area contributed by atoms with Gasteiger partial charge >= 0.3 is 0 Å². The van der Waals surface area contributed by atoms with Gasteiger partial charge in [-0.3, -0.25) is 9.59 Å². The predicted molar refractivity (Wildman–Crippen MR) is 72.2 cm³/mol. The second-order valence-electron chi connectivity index (χ2n) is 3.79. The van der Waals surface area contributed by atoms with E-state index in [-0.39, 0.29) is 11.8 Å². The van der Waals surface area contributed by atoms with Gasteiger partial charge in [-0.1, -0.05) is 6.08 Å². The van der Waals surface area contributed by atoms with Crippen molar-refractivity contribution in [2.24, 2.45) is 4.99 Å². The lowest BCUT2D eigenvalue weighted by molar-refractivity contribution is -0.127. The Kier molecular flexibility index (Phi) is 9.25. The second kappa shape index (κ2) is 10.3. The lowest BCUT2D eigenvalue weighted by atomic mass is 10.4. The molecule has 6 nitrogen and oxygen atoms in total. The highest BCUT2D eigenvalue weighted by atomic mass is 16.2. The van der Waals surface area contributed by atoms with Gasteiger partial charge in [-0.15, -0.1) is 0 Å². The minimum absolute atomic E-state index is 0.0401. The van der Waals surface area contributed by atoms with Crippen LogP contribution in [-0.4, -0.2) is 50.2 Å². The third-order valence-corrected chi connectivity index (χ3v) is 2.29. The van der Waals surface area contributed by atoms with E-state index in [1.807, 2.05) is 0 Å². The lowest BCUT2D eigenvalue weighted by Gasteiger charge is -2.13. The molecule has 0 radical (unpaired) electrons. The van der Waals surface area contributed by atoms with Gasteiger partial charge in [0.25, 0.3) is 0 Å². The van der Waals surface area contributed by atoms with Crippen LogP contribution in [0.5, 0.6) is 0 Å². The van der Waals surface area contributed by atoms with Crippen molar-refractivity contribution >= 4 is 18.2 Å². The van der Waals surface area contributed by atoms with Crippen molar-refractivity contribution < 1.29 is 9.59 Å². The summed E-state index contributed by atoms with van der Waals surface area (Å²) in [6.45, 7) is 3.03. The topological polar surface area (TPSA) is 73.8 Å². The predicted octanol–water partition coefficient (Wildman–Crippen LogP) is 0.123. The van der Waals surface area contributed by atoms with E-state index in [4.69, 9.17) is 0 Å². The molecule has 0 rings (SSSR count). The molecule has 0 fully saturated rings. The summed E-state index contributed by atoms with van der Waals surface area (Å²) in [6, 6.07) is 0. The zero-order chi connectivity index (χ0) is 13.8. The van der Waals surface area contributed by atoms with Gasteiger partial charge in [-0.25, -0.2) is 4.99 Å². The van der Waals surface area contributed by atoms with E-state index in [9.17, 15) is 9.59 Å². The standard InChI is InChI=1S/C12H22N4O2/c1-11(17)16(3)9-5-8-15-10-14-7-4-6-12(18)13-2/h4,7,10H,5-6,8-9H2,1-3H3,(H,13,18)(H,14,15)/b7-4-. The smallest absolute Gasteiger partial charge is 0.223 e. The van der Waals surface area contributed by atoms with Crippen LogP contribution < -0.4 is 10.6 Å². The van der Waals surface area contributed by atoms with E-state index in [1.165, 1.54) is 0 Å². The highest BCUT2D eigenvalue weighted by Crippen LogP contribution is 1.86. The van der Waals surface area contributed by atoms with Gasteiger partial charge in [0.2, 0.25) is 11.8 Å². The van der Waals surface area contributed by atoms with Gasteiger partial charge < -0.3 is 15.5 Å². The van der Waals surface area contributed by atoms with Crippen LogP contribution in [0.15, 0.2) is 17.3 Å². The summed E-state index contributed by atoms with van der Waals surface area (Å²) in [5.74, 6) is 0.0301. The van der Waals surface area contributed by atoms with E-state index in [0.717, 1.165) is 19.5 Å². The molecule has 2 amide bonds. The highest BCUT2D eigenvalue weighted by Gasteiger charge is 1.99. The molecule has 0 aromatic rings. The normalized spacial score (nSPS) is 10.8. The van der Waals surface area contributed by atoms with Crippen molar-refractivity contribution in [3.8, 4) is 0 Å². The Balaban J connectivity index is 3.49. The molecular formula is C12H22N4O2. The molecule has 2 N–H and O–H groups in total. The molecule has 0 spiro atoms. The summed E-state index contributed by atoms with van der Waals surface area (Å²) in [5, 5.41) is 5.51. The number of carbonyl (C=O) groups excluding carboxylic acids is 2. The molecule has 6 heteroatoms. The Labute approximate surface area is 108 Å². The Morgan fingerprint density at radius 2 is 2.11 bits per heavy atom. The summed E-state index contributed by atoms with van der Waals surface area (Å²) in [6.07, 6.45) is 6.03. The van der Waals surface area contributed by atoms with Crippen LogP contribution in [0.25, 0.3) is 0 Å². The fraction of sp³-hybridized carbons (Fsp3) is 0.583. The number of nitrogens with one attached hydrogen (secondary N) is 2. The minimum atomic E-state index is -0.0401. The fourth-order valence-corrected chi connectivity index (χ4v) is 1.06. The first-order valence-corrected chi connectivity index (χ1v) is 5.90.